The van der Waals surface area contributed by atoms with Gasteiger partial charge in [-0.25, -0.2) is 0 Å². The molecule has 96 valence electrons. The van der Waals surface area contributed by atoms with Crippen molar-refractivity contribution in [3.63, 3.8) is 0 Å². The van der Waals surface area contributed by atoms with Crippen LogP contribution in [0.2, 0.25) is 0 Å². The van der Waals surface area contributed by atoms with Gasteiger partial charge >= 0.3 is 0 Å². The summed E-state index contributed by atoms with van der Waals surface area (Å²) in [5.41, 5.74) is 10.4. The Balaban J connectivity index is 2.11. The molecule has 1 atom stereocenters. The van der Waals surface area contributed by atoms with Crippen molar-refractivity contribution in [2.45, 2.75) is 31.7 Å². The summed E-state index contributed by atoms with van der Waals surface area (Å²) in [4.78, 5) is 13.8. The number of nitrogens with zero attached hydrogens (tertiary/aromatic N) is 1. The predicted octanol–water partition coefficient (Wildman–Crippen LogP) is 0.904. The van der Waals surface area contributed by atoms with Crippen molar-refractivity contribution in [1.82, 2.24) is 0 Å². The van der Waals surface area contributed by atoms with Gasteiger partial charge in [-0.1, -0.05) is 12.1 Å². The summed E-state index contributed by atoms with van der Waals surface area (Å²) >= 11 is 0. The van der Waals surface area contributed by atoms with Gasteiger partial charge in [-0.3, -0.25) is 4.79 Å². The van der Waals surface area contributed by atoms with E-state index in [4.69, 9.17) is 5.73 Å². The minimum absolute atomic E-state index is 0.0408. The number of hydrogen-bond donors (Lipinski definition) is 2. The Bertz CT molecular complexity index is 482. The fourth-order valence-corrected chi connectivity index (χ4v) is 3.00. The molecular formula is C14H18N2O2. The summed E-state index contributed by atoms with van der Waals surface area (Å²) in [6, 6.07) is 3.80. The molecule has 0 spiro atoms. The van der Waals surface area contributed by atoms with Crippen LogP contribution in [0, 0.1) is 0 Å². The van der Waals surface area contributed by atoms with E-state index >= 15 is 0 Å². The Kier molecular flexibility index (Phi) is 2.84. The number of aliphatic hydroxyl groups excluding tert-OH is 1. The van der Waals surface area contributed by atoms with Gasteiger partial charge in [-0.2, -0.15) is 0 Å². The van der Waals surface area contributed by atoms with E-state index in [0.717, 1.165) is 37.1 Å². The quantitative estimate of drug-likeness (QED) is 0.815. The second-order valence-corrected chi connectivity index (χ2v) is 5.13. The van der Waals surface area contributed by atoms with E-state index in [-0.39, 0.29) is 18.6 Å². The van der Waals surface area contributed by atoms with Crippen LogP contribution in [0.15, 0.2) is 12.1 Å². The molecule has 0 saturated heterocycles. The van der Waals surface area contributed by atoms with E-state index in [1.165, 1.54) is 11.1 Å². The number of carbonyl (C=O) groups excluding carboxylic acids is 1. The zero-order chi connectivity index (χ0) is 12.7. The van der Waals surface area contributed by atoms with Crippen molar-refractivity contribution < 1.29 is 9.90 Å². The van der Waals surface area contributed by atoms with Crippen molar-refractivity contribution in [1.29, 1.82) is 0 Å². The van der Waals surface area contributed by atoms with E-state index in [1.807, 2.05) is 4.90 Å². The van der Waals surface area contributed by atoms with Gasteiger partial charge in [0.1, 0.15) is 0 Å². The molecular weight excluding hydrogens is 228 g/mol. The summed E-state index contributed by atoms with van der Waals surface area (Å²) in [5, 5.41) is 9.17. The molecule has 0 radical (unpaired) electrons. The third-order valence-corrected chi connectivity index (χ3v) is 3.92. The number of nitrogens with two attached hydrogens (primary N) is 1. The van der Waals surface area contributed by atoms with Gasteiger partial charge < -0.3 is 15.7 Å². The third-order valence-electron chi connectivity index (χ3n) is 3.92. The normalized spacial score (nSPS) is 19.7. The number of benzene rings is 1. The molecule has 18 heavy (non-hydrogen) atoms. The van der Waals surface area contributed by atoms with Crippen LogP contribution in [0.4, 0.5) is 5.69 Å². The lowest BCUT2D eigenvalue weighted by Gasteiger charge is -2.35. The van der Waals surface area contributed by atoms with E-state index in [2.05, 4.69) is 12.1 Å². The predicted molar refractivity (Wildman–Crippen MR) is 69.5 cm³/mol. The molecule has 0 aliphatic carbocycles. The van der Waals surface area contributed by atoms with Gasteiger partial charge in [-0.15, -0.1) is 0 Å². The van der Waals surface area contributed by atoms with Crippen LogP contribution in [-0.4, -0.2) is 24.2 Å². The van der Waals surface area contributed by atoms with E-state index in [0.29, 0.717) is 6.42 Å². The highest BCUT2D eigenvalue weighted by atomic mass is 16.3. The molecule has 2 heterocycles. The summed E-state index contributed by atoms with van der Waals surface area (Å²) in [6.45, 7) is 0.797. The van der Waals surface area contributed by atoms with E-state index in [9.17, 15) is 9.90 Å². The van der Waals surface area contributed by atoms with Crippen molar-refractivity contribution >= 4 is 11.6 Å². The van der Waals surface area contributed by atoms with Gasteiger partial charge in [-0.05, 0) is 36.0 Å². The van der Waals surface area contributed by atoms with Gasteiger partial charge in [0.05, 0.1) is 18.3 Å². The minimum atomic E-state index is -0.320. The topological polar surface area (TPSA) is 66.6 Å². The SMILES string of the molecule is NC(CO)c1cc2c3c(c1)CCC(=O)N3CCC2. The number of hydrogen-bond acceptors (Lipinski definition) is 3. The maximum absolute atomic E-state index is 11.9. The Morgan fingerprint density at radius 1 is 1.28 bits per heavy atom. The summed E-state index contributed by atoms with van der Waals surface area (Å²) in [5.74, 6) is 0.239. The molecule has 0 aromatic heterocycles. The lowest BCUT2D eigenvalue weighted by atomic mass is 9.88. The van der Waals surface area contributed by atoms with Crippen LogP contribution in [0.5, 0.6) is 0 Å². The van der Waals surface area contributed by atoms with Crippen LogP contribution < -0.4 is 10.6 Å². The molecule has 0 saturated carbocycles. The van der Waals surface area contributed by atoms with Gasteiger partial charge in [0, 0.05) is 13.0 Å². The van der Waals surface area contributed by atoms with Crippen molar-refractivity contribution in [3.05, 3.63) is 28.8 Å². The average molecular weight is 246 g/mol. The number of anilines is 1. The number of aliphatic hydroxyl groups is 1. The molecule has 1 aromatic rings. The highest BCUT2D eigenvalue weighted by molar-refractivity contribution is 5.97. The maximum atomic E-state index is 11.9. The Morgan fingerprint density at radius 2 is 2.00 bits per heavy atom. The van der Waals surface area contributed by atoms with Crippen molar-refractivity contribution in [2.24, 2.45) is 5.73 Å². The van der Waals surface area contributed by atoms with Crippen molar-refractivity contribution in [2.75, 3.05) is 18.1 Å². The second kappa shape index (κ2) is 4.37. The maximum Gasteiger partial charge on any atom is 0.227 e. The van der Waals surface area contributed by atoms with Crippen LogP contribution in [-0.2, 0) is 17.6 Å². The molecule has 3 N–H and O–H groups in total. The number of aryl methyl sites for hydroxylation is 2. The van der Waals surface area contributed by atoms with Crippen LogP contribution in [0.3, 0.4) is 0 Å². The Labute approximate surface area is 106 Å². The van der Waals surface area contributed by atoms with E-state index < -0.39 is 0 Å². The van der Waals surface area contributed by atoms with Crippen LogP contribution >= 0.6 is 0 Å². The monoisotopic (exact) mass is 246 g/mol. The Morgan fingerprint density at radius 3 is 2.72 bits per heavy atom. The van der Waals surface area contributed by atoms with Crippen molar-refractivity contribution in [3.8, 4) is 0 Å². The summed E-state index contributed by atoms with van der Waals surface area (Å²) in [7, 11) is 0. The molecule has 0 fully saturated rings. The first-order valence-electron chi connectivity index (χ1n) is 6.53. The number of carbonyl (C=O) groups is 1. The lowest BCUT2D eigenvalue weighted by molar-refractivity contribution is -0.119. The standard InChI is InChI=1S/C14H18N2O2/c15-12(8-17)11-6-9-2-1-5-16-13(18)4-3-10(7-11)14(9)16/h6-7,12,17H,1-5,8,15H2. The summed E-state index contributed by atoms with van der Waals surface area (Å²) < 4.78 is 0. The van der Waals surface area contributed by atoms with Gasteiger partial charge in [0.15, 0.2) is 0 Å². The molecule has 4 heteroatoms. The lowest BCUT2D eigenvalue weighted by Crippen LogP contribution is -2.39. The molecule has 1 unspecified atom stereocenters. The first kappa shape index (κ1) is 11.7. The zero-order valence-electron chi connectivity index (χ0n) is 10.4. The Hall–Kier alpha value is -1.39. The highest BCUT2D eigenvalue weighted by Gasteiger charge is 2.29. The average Bonchev–Trinajstić information content (AvgIpc) is 2.41. The van der Waals surface area contributed by atoms with E-state index in [1.54, 1.807) is 0 Å². The highest BCUT2D eigenvalue weighted by Crippen LogP contribution is 2.37. The van der Waals surface area contributed by atoms with Crippen LogP contribution in [0.1, 0.15) is 35.6 Å². The first-order chi connectivity index (χ1) is 8.70. The van der Waals surface area contributed by atoms with Gasteiger partial charge in [0.25, 0.3) is 0 Å². The third kappa shape index (κ3) is 1.72. The van der Waals surface area contributed by atoms with Crippen LogP contribution in [0.25, 0.3) is 0 Å². The largest absolute Gasteiger partial charge is 0.394 e. The molecule has 3 rings (SSSR count). The fraction of sp³-hybridized carbons (Fsp3) is 0.500. The van der Waals surface area contributed by atoms with Gasteiger partial charge in [0.2, 0.25) is 5.91 Å². The smallest absolute Gasteiger partial charge is 0.227 e. The first-order valence-corrected chi connectivity index (χ1v) is 6.53. The molecule has 4 nitrogen and oxygen atoms in total. The number of amides is 1. The fourth-order valence-electron chi connectivity index (χ4n) is 3.00. The molecule has 2 aliphatic rings. The molecule has 2 aliphatic heterocycles. The minimum Gasteiger partial charge on any atom is -0.394 e. The molecule has 1 aromatic carbocycles. The number of rotatable bonds is 2. The summed E-state index contributed by atoms with van der Waals surface area (Å²) in [6.07, 6.45) is 3.39. The second-order valence-electron chi connectivity index (χ2n) is 5.13. The molecule has 1 amide bonds. The zero-order valence-corrected chi connectivity index (χ0v) is 10.4. The molecule has 0 bridgehead atoms.